The summed E-state index contributed by atoms with van der Waals surface area (Å²) in [5.74, 6) is -0.309. The van der Waals surface area contributed by atoms with Crippen LogP contribution >= 0.6 is 0 Å². The van der Waals surface area contributed by atoms with E-state index >= 15 is 0 Å². The van der Waals surface area contributed by atoms with Crippen LogP contribution in [0.3, 0.4) is 0 Å². The monoisotopic (exact) mass is 384 g/mol. The molecule has 150 valence electrons. The van der Waals surface area contributed by atoms with Gasteiger partial charge in [0.2, 0.25) is 11.8 Å². The number of rotatable bonds is 7. The van der Waals surface area contributed by atoms with Gasteiger partial charge in [0.25, 0.3) is 0 Å². The zero-order valence-electron chi connectivity index (χ0n) is 16.7. The lowest BCUT2D eigenvalue weighted by atomic mass is 10.0. The summed E-state index contributed by atoms with van der Waals surface area (Å²) in [6.45, 7) is 8.28. The van der Waals surface area contributed by atoms with Gasteiger partial charge >= 0.3 is 0 Å². The molecule has 0 bridgehead atoms. The Morgan fingerprint density at radius 3 is 2.50 bits per heavy atom. The highest BCUT2D eigenvalue weighted by Gasteiger charge is 2.32. The number of fused-ring (bicyclic) bond motifs is 1. The minimum absolute atomic E-state index is 0.00186. The predicted octanol–water partition coefficient (Wildman–Crippen LogP) is 0.308. The summed E-state index contributed by atoms with van der Waals surface area (Å²) >= 11 is 0. The highest BCUT2D eigenvalue weighted by atomic mass is 16.5. The fourth-order valence-electron chi connectivity index (χ4n) is 3.66. The van der Waals surface area contributed by atoms with E-state index in [2.05, 4.69) is 24.5 Å². The van der Waals surface area contributed by atoms with E-state index in [4.69, 9.17) is 4.74 Å². The molecule has 6 heteroatoms. The van der Waals surface area contributed by atoms with Gasteiger partial charge in [0.1, 0.15) is 18.6 Å². The van der Waals surface area contributed by atoms with Crippen molar-refractivity contribution in [2.45, 2.75) is 25.8 Å². The molecule has 0 atom stereocenters. The van der Waals surface area contributed by atoms with Crippen molar-refractivity contribution in [3.63, 3.8) is 0 Å². The average molecular weight is 385 g/mol. The van der Waals surface area contributed by atoms with Crippen molar-refractivity contribution in [2.75, 3.05) is 39.4 Å². The molecule has 2 aromatic carbocycles. The van der Waals surface area contributed by atoms with Gasteiger partial charge in [-0.2, -0.15) is 0 Å². The molecule has 6 nitrogen and oxygen atoms in total. The van der Waals surface area contributed by atoms with Crippen LogP contribution in [0.25, 0.3) is 10.8 Å². The Morgan fingerprint density at radius 2 is 1.71 bits per heavy atom. The van der Waals surface area contributed by atoms with Crippen molar-refractivity contribution in [1.82, 2.24) is 10.6 Å². The Bertz CT molecular complexity index is 823. The number of quaternary nitrogens is 1. The smallest absolute Gasteiger partial charge is 0.239 e. The second kappa shape index (κ2) is 9.17. The molecule has 2 aromatic rings. The molecule has 1 heterocycles. The van der Waals surface area contributed by atoms with Crippen LogP contribution < -0.4 is 15.5 Å². The van der Waals surface area contributed by atoms with Crippen molar-refractivity contribution in [3.05, 3.63) is 48.0 Å². The molecule has 1 aliphatic rings. The number of hydrogen-bond donors (Lipinski definition) is 3. The van der Waals surface area contributed by atoms with E-state index in [0.29, 0.717) is 6.54 Å². The van der Waals surface area contributed by atoms with Crippen molar-refractivity contribution in [3.8, 4) is 0 Å². The van der Waals surface area contributed by atoms with E-state index in [9.17, 15) is 9.59 Å². The first-order valence-corrected chi connectivity index (χ1v) is 9.89. The molecular formula is C22H30N3O3+. The van der Waals surface area contributed by atoms with E-state index < -0.39 is 0 Å². The third-order valence-corrected chi connectivity index (χ3v) is 5.46. The topological polar surface area (TPSA) is 71.9 Å². The molecule has 0 spiro atoms. The molecule has 3 rings (SSSR count). The number of carbonyl (C=O) groups is 2. The Balaban J connectivity index is 1.45. The molecule has 28 heavy (non-hydrogen) atoms. The van der Waals surface area contributed by atoms with Crippen molar-refractivity contribution in [1.29, 1.82) is 0 Å². The highest BCUT2D eigenvalue weighted by Crippen LogP contribution is 2.18. The average Bonchev–Trinajstić information content (AvgIpc) is 2.72. The quantitative estimate of drug-likeness (QED) is 0.643. The molecule has 0 aliphatic carbocycles. The van der Waals surface area contributed by atoms with Gasteiger partial charge in [-0.05, 0) is 30.2 Å². The largest absolute Gasteiger partial charge is 0.370 e. The number of amides is 2. The number of ether oxygens (including phenoxy) is 1. The van der Waals surface area contributed by atoms with Crippen LogP contribution in [0.5, 0.6) is 0 Å². The van der Waals surface area contributed by atoms with Gasteiger partial charge in [0.15, 0.2) is 0 Å². The molecule has 1 aliphatic heterocycles. The number of carbonyl (C=O) groups excluding carboxylic acids is 2. The van der Waals surface area contributed by atoms with Gasteiger partial charge in [0.05, 0.1) is 32.7 Å². The summed E-state index contributed by atoms with van der Waals surface area (Å²) in [4.78, 5) is 25.9. The fraction of sp³-hybridized carbons (Fsp3) is 0.455. The molecule has 0 unspecified atom stereocenters. The number of hydrogen-bond acceptors (Lipinski definition) is 3. The molecule has 1 fully saturated rings. The van der Waals surface area contributed by atoms with Crippen LogP contribution in [0, 0.1) is 0 Å². The van der Waals surface area contributed by atoms with Gasteiger partial charge < -0.3 is 20.3 Å². The maximum Gasteiger partial charge on any atom is 0.239 e. The van der Waals surface area contributed by atoms with Crippen LogP contribution in [0.4, 0.5) is 0 Å². The molecule has 3 N–H and O–H groups in total. The summed E-state index contributed by atoms with van der Waals surface area (Å²) in [6, 6.07) is 13.9. The third-order valence-electron chi connectivity index (χ3n) is 5.46. The maximum absolute atomic E-state index is 12.3. The van der Waals surface area contributed by atoms with Gasteiger partial charge in [-0.3, -0.25) is 9.59 Å². The lowest BCUT2D eigenvalue weighted by Crippen LogP contribution is -3.22. The zero-order valence-corrected chi connectivity index (χ0v) is 16.7. The van der Waals surface area contributed by atoms with Crippen LogP contribution in [0.2, 0.25) is 0 Å². The molecule has 0 saturated carbocycles. The normalized spacial score (nSPS) is 15.4. The molecule has 1 saturated heterocycles. The Hall–Kier alpha value is -2.44. The predicted molar refractivity (Wildman–Crippen MR) is 109 cm³/mol. The first-order valence-electron chi connectivity index (χ1n) is 9.89. The van der Waals surface area contributed by atoms with Gasteiger partial charge in [-0.25, -0.2) is 0 Å². The zero-order chi connectivity index (χ0) is 20.0. The summed E-state index contributed by atoms with van der Waals surface area (Å²) in [6.07, 6.45) is 0.262. The Labute approximate surface area is 166 Å². The lowest BCUT2D eigenvalue weighted by molar-refractivity contribution is -0.954. The van der Waals surface area contributed by atoms with Gasteiger partial charge in [-0.1, -0.05) is 42.5 Å². The van der Waals surface area contributed by atoms with Crippen LogP contribution in [0.1, 0.15) is 19.4 Å². The summed E-state index contributed by atoms with van der Waals surface area (Å²) < 4.78 is 5.41. The molecule has 2 amide bonds. The van der Waals surface area contributed by atoms with Gasteiger partial charge in [-0.15, -0.1) is 0 Å². The fourth-order valence-corrected chi connectivity index (χ4v) is 3.66. The first kappa shape index (κ1) is 20.3. The number of nitrogens with one attached hydrogen (secondary N) is 3. The van der Waals surface area contributed by atoms with E-state index in [1.165, 1.54) is 4.90 Å². The minimum Gasteiger partial charge on any atom is -0.370 e. The standard InChI is InChI=1S/C22H29N3O3/c1-22(2,25-10-12-28-13-11-25)16-24-21(27)15-23-20(26)14-18-8-5-7-17-6-3-4-9-19(17)18/h3-9H,10-16H2,1-2H3,(H,23,26)(H,24,27)/p+1. The number of benzene rings is 2. The van der Waals surface area contributed by atoms with E-state index in [0.717, 1.165) is 42.6 Å². The Morgan fingerprint density at radius 1 is 1.00 bits per heavy atom. The first-order chi connectivity index (χ1) is 13.5. The third kappa shape index (κ3) is 5.30. The maximum atomic E-state index is 12.3. The minimum atomic E-state index is -0.160. The van der Waals surface area contributed by atoms with Crippen molar-refractivity contribution < 1.29 is 19.2 Å². The van der Waals surface area contributed by atoms with Crippen molar-refractivity contribution >= 4 is 22.6 Å². The lowest BCUT2D eigenvalue weighted by Gasteiger charge is -2.37. The van der Waals surface area contributed by atoms with E-state index in [1.54, 1.807) is 0 Å². The van der Waals surface area contributed by atoms with E-state index in [-0.39, 0.29) is 30.3 Å². The summed E-state index contributed by atoms with van der Waals surface area (Å²) in [5.41, 5.74) is 0.903. The SMILES string of the molecule is CC(C)(CNC(=O)CNC(=O)Cc1cccc2ccccc12)[NH+]1CCOCC1. The number of morpholine rings is 1. The summed E-state index contributed by atoms with van der Waals surface area (Å²) in [7, 11) is 0. The molecular weight excluding hydrogens is 354 g/mol. The molecule has 0 radical (unpaired) electrons. The van der Waals surface area contributed by atoms with E-state index in [1.807, 2.05) is 42.5 Å². The van der Waals surface area contributed by atoms with Crippen LogP contribution in [-0.2, 0) is 20.7 Å². The van der Waals surface area contributed by atoms with Crippen LogP contribution in [-0.4, -0.2) is 56.7 Å². The Kier molecular flexibility index (Phi) is 6.65. The highest BCUT2D eigenvalue weighted by molar-refractivity contribution is 5.91. The van der Waals surface area contributed by atoms with Crippen LogP contribution in [0.15, 0.2) is 42.5 Å². The van der Waals surface area contributed by atoms with Crippen molar-refractivity contribution in [2.24, 2.45) is 0 Å². The molecule has 0 aromatic heterocycles. The second-order valence-electron chi connectivity index (χ2n) is 7.97. The second-order valence-corrected chi connectivity index (χ2v) is 7.97. The van der Waals surface area contributed by atoms with Gasteiger partial charge in [0, 0.05) is 0 Å². The summed E-state index contributed by atoms with van der Waals surface area (Å²) in [5, 5.41) is 7.87.